The summed E-state index contributed by atoms with van der Waals surface area (Å²) in [6.45, 7) is 16.0. The van der Waals surface area contributed by atoms with Crippen LogP contribution >= 0.6 is 0 Å². The van der Waals surface area contributed by atoms with Crippen molar-refractivity contribution in [1.29, 1.82) is 0 Å². The number of hydrogen-bond acceptors (Lipinski definition) is 7. The predicted molar refractivity (Wildman–Crippen MR) is 204 cm³/mol. The first kappa shape index (κ1) is 37.4. The third kappa shape index (κ3) is 7.42. The first-order chi connectivity index (χ1) is 24.8. The monoisotopic (exact) mass is 704 g/mol. The summed E-state index contributed by atoms with van der Waals surface area (Å²) in [5.74, 6) is -2.37. The molecule has 7 N–H and O–H groups in total. The molecule has 0 radical (unpaired) electrons. The van der Waals surface area contributed by atoms with Gasteiger partial charge in [-0.1, -0.05) is 25.3 Å². The molecule has 0 saturated carbocycles. The molecule has 2 aliphatic rings. The number of aromatic amines is 2. The maximum absolute atomic E-state index is 14.3. The maximum atomic E-state index is 14.3. The number of Topliss-reactive ketones (excluding diaryl/α,β-unsaturated/α-hetero) is 1. The Morgan fingerprint density at radius 1 is 0.788 bits per heavy atom. The standard InChI is InChI=1S/C40H44N6O6/c1-7-24-23(6)39-38(34(47)14-16-42-35(48)13-15-41)40-25(8-2)20(3)30(45-40)17-28-21(4)26(9-11-36(49)50)32(43-28)19-33-27(10-12-37(51)52)22(5)29(44-33)18-31(24)46-39/h7-8,17-19,44-45H,1-2,9-16,41H2,3-6H3,(H,42,48)(H,49,50)(H,51,52). The van der Waals surface area contributed by atoms with Crippen LogP contribution in [0.15, 0.2) is 37.4 Å². The largest absolute Gasteiger partial charge is 0.481 e. The molecule has 0 fully saturated rings. The van der Waals surface area contributed by atoms with E-state index >= 15 is 0 Å². The van der Waals surface area contributed by atoms with E-state index in [4.69, 9.17) is 15.7 Å². The molecule has 5 heterocycles. The van der Waals surface area contributed by atoms with Gasteiger partial charge in [0, 0.05) is 66.5 Å². The molecular weight excluding hydrogens is 660 g/mol. The molecular formula is C40H44N6O6. The molecule has 5 rings (SSSR count). The number of H-pyrrole nitrogens is 2. The molecule has 0 saturated heterocycles. The van der Waals surface area contributed by atoms with E-state index < -0.39 is 11.9 Å². The lowest BCUT2D eigenvalue weighted by Gasteiger charge is -2.08. The minimum atomic E-state index is -0.938. The summed E-state index contributed by atoms with van der Waals surface area (Å²) in [5, 5.41) is 21.9. The van der Waals surface area contributed by atoms with Crippen LogP contribution in [0, 0.1) is 13.8 Å². The molecule has 3 aromatic heterocycles. The smallest absolute Gasteiger partial charge is 0.303 e. The molecule has 0 atom stereocenters. The van der Waals surface area contributed by atoms with E-state index in [-0.39, 0.29) is 63.3 Å². The lowest BCUT2D eigenvalue weighted by Crippen LogP contribution is -2.28. The zero-order valence-corrected chi connectivity index (χ0v) is 30.0. The molecule has 1 amide bonds. The van der Waals surface area contributed by atoms with Crippen LogP contribution in [0.2, 0.25) is 0 Å². The summed E-state index contributed by atoms with van der Waals surface area (Å²) < 4.78 is 0. The summed E-state index contributed by atoms with van der Waals surface area (Å²) in [7, 11) is 0. The Kier molecular flexibility index (Phi) is 11.2. The minimum Gasteiger partial charge on any atom is -0.481 e. The van der Waals surface area contributed by atoms with Crippen molar-refractivity contribution in [3.63, 3.8) is 0 Å². The van der Waals surface area contributed by atoms with Crippen LogP contribution in [-0.4, -0.2) is 66.9 Å². The second-order valence-corrected chi connectivity index (χ2v) is 12.9. The highest BCUT2D eigenvalue weighted by molar-refractivity contribution is 6.11. The van der Waals surface area contributed by atoms with Crippen molar-refractivity contribution in [2.24, 2.45) is 5.73 Å². The van der Waals surface area contributed by atoms with Gasteiger partial charge in [-0.25, -0.2) is 9.97 Å². The van der Waals surface area contributed by atoms with Crippen LogP contribution in [0.25, 0.3) is 50.4 Å². The lowest BCUT2D eigenvalue weighted by molar-refractivity contribution is -0.137. The van der Waals surface area contributed by atoms with E-state index in [2.05, 4.69) is 28.4 Å². The van der Waals surface area contributed by atoms with E-state index in [1.165, 1.54) is 0 Å². The van der Waals surface area contributed by atoms with Crippen molar-refractivity contribution in [2.45, 2.75) is 66.2 Å². The molecule has 0 spiro atoms. The third-order valence-corrected chi connectivity index (χ3v) is 9.68. The molecule has 270 valence electrons. The third-order valence-electron chi connectivity index (χ3n) is 9.68. The fraction of sp³-hybridized carbons (Fsp3) is 0.300. The number of aromatic nitrogens is 4. The number of ketones is 1. The van der Waals surface area contributed by atoms with Crippen molar-refractivity contribution in [1.82, 2.24) is 25.3 Å². The van der Waals surface area contributed by atoms with Gasteiger partial charge in [-0.3, -0.25) is 19.2 Å². The first-order valence-electron chi connectivity index (χ1n) is 17.2. The Balaban J connectivity index is 1.93. The quantitative estimate of drug-likeness (QED) is 0.101. The highest BCUT2D eigenvalue weighted by Crippen LogP contribution is 2.38. The average molecular weight is 705 g/mol. The normalized spacial score (nSPS) is 12.6. The Morgan fingerprint density at radius 2 is 1.44 bits per heavy atom. The van der Waals surface area contributed by atoms with Crippen molar-refractivity contribution in [2.75, 3.05) is 13.1 Å². The zero-order valence-electron chi connectivity index (χ0n) is 30.0. The molecule has 8 bridgehead atoms. The number of allylic oxidation sites excluding steroid dienone is 5. The van der Waals surface area contributed by atoms with E-state index in [1.54, 1.807) is 12.2 Å². The number of amides is 1. The molecule has 0 aliphatic carbocycles. The van der Waals surface area contributed by atoms with Gasteiger partial charge in [0.05, 0.1) is 33.9 Å². The number of rotatable bonds is 14. The van der Waals surface area contributed by atoms with Crippen molar-refractivity contribution >= 4 is 74.1 Å². The Morgan fingerprint density at radius 3 is 2.10 bits per heavy atom. The van der Waals surface area contributed by atoms with Crippen LogP contribution in [0.5, 0.6) is 0 Å². The van der Waals surface area contributed by atoms with Crippen LogP contribution in [0.1, 0.15) is 101 Å². The maximum Gasteiger partial charge on any atom is 0.303 e. The van der Waals surface area contributed by atoms with E-state index in [1.807, 2.05) is 45.9 Å². The number of carbonyl (C=O) groups excluding carboxylic acids is 2. The fourth-order valence-corrected chi connectivity index (χ4v) is 6.82. The van der Waals surface area contributed by atoms with Crippen LogP contribution in [0.3, 0.4) is 0 Å². The van der Waals surface area contributed by atoms with Crippen LogP contribution in [-0.2, 0) is 20.8 Å². The second kappa shape index (κ2) is 15.6. The highest BCUT2D eigenvalue weighted by Gasteiger charge is 2.26. The minimum absolute atomic E-state index is 0.00417. The molecule has 12 heteroatoms. The molecule has 12 nitrogen and oxygen atoms in total. The molecule has 52 heavy (non-hydrogen) atoms. The Bertz CT molecular complexity index is 2270. The molecule has 0 unspecified atom stereocenters. The van der Waals surface area contributed by atoms with Gasteiger partial charge in [0.2, 0.25) is 5.91 Å². The summed E-state index contributed by atoms with van der Waals surface area (Å²) in [4.78, 5) is 66.8. The second-order valence-electron chi connectivity index (χ2n) is 12.9. The number of carboxylic acids is 2. The van der Waals surface area contributed by atoms with E-state index in [0.29, 0.717) is 56.0 Å². The van der Waals surface area contributed by atoms with Crippen molar-refractivity contribution in [3.8, 4) is 0 Å². The van der Waals surface area contributed by atoms with Gasteiger partial charge in [-0.15, -0.1) is 0 Å². The van der Waals surface area contributed by atoms with Crippen LogP contribution < -0.4 is 11.1 Å². The van der Waals surface area contributed by atoms with Gasteiger partial charge >= 0.3 is 11.9 Å². The Hall–Kier alpha value is -5.88. The van der Waals surface area contributed by atoms with Gasteiger partial charge in [-0.2, -0.15) is 0 Å². The van der Waals surface area contributed by atoms with Gasteiger partial charge < -0.3 is 31.2 Å². The fourth-order valence-electron chi connectivity index (χ4n) is 6.82. The van der Waals surface area contributed by atoms with Crippen molar-refractivity contribution < 1.29 is 29.4 Å². The number of aryl methyl sites for hydroxylation is 3. The number of nitrogens with one attached hydrogen (secondary N) is 3. The van der Waals surface area contributed by atoms with Crippen molar-refractivity contribution in [3.05, 3.63) is 88.0 Å². The number of fused-ring (bicyclic) bond motifs is 8. The number of carboxylic acid groups (broad SMARTS) is 2. The number of hydrogen-bond donors (Lipinski definition) is 6. The molecule has 2 aliphatic heterocycles. The van der Waals surface area contributed by atoms with Gasteiger partial charge in [0.15, 0.2) is 5.78 Å². The summed E-state index contributed by atoms with van der Waals surface area (Å²) in [5.41, 5.74) is 16.7. The number of nitrogens with two attached hydrogens (primary N) is 1. The Labute approximate surface area is 301 Å². The highest BCUT2D eigenvalue weighted by atomic mass is 16.4. The topological polar surface area (TPSA) is 204 Å². The predicted octanol–water partition coefficient (Wildman–Crippen LogP) is 6.54. The SMILES string of the molecule is C=CC1=C(C)c2nc1cc1[nH]c(cc3nc(cc4[nH]c(c(C=C)c4C)c2C(=O)CCNC(=O)CCN)C(C)=C3CCC(=O)O)c(CCC(=O)O)c1C. The number of nitrogens with zero attached hydrogens (tertiary/aromatic N) is 2. The summed E-state index contributed by atoms with van der Waals surface area (Å²) >= 11 is 0. The van der Waals surface area contributed by atoms with Crippen LogP contribution in [0.4, 0.5) is 0 Å². The van der Waals surface area contributed by atoms with Gasteiger partial charge in [-0.05, 0) is 92.1 Å². The summed E-state index contributed by atoms with van der Waals surface area (Å²) in [6, 6.07) is 5.59. The van der Waals surface area contributed by atoms with Gasteiger partial charge in [0.1, 0.15) is 0 Å². The van der Waals surface area contributed by atoms with E-state index in [9.17, 15) is 29.4 Å². The molecule has 0 aromatic carbocycles. The number of carbonyl (C=O) groups is 4. The summed E-state index contributed by atoms with van der Waals surface area (Å²) in [6.07, 6.45) is 3.81. The lowest BCUT2D eigenvalue weighted by atomic mass is 9.97. The first-order valence-corrected chi connectivity index (χ1v) is 17.2. The molecule has 3 aromatic rings. The zero-order chi connectivity index (χ0) is 37.9. The average Bonchev–Trinajstić information content (AvgIpc) is 3.76. The van der Waals surface area contributed by atoms with E-state index in [0.717, 1.165) is 39.0 Å². The number of aliphatic carboxylic acids is 2. The van der Waals surface area contributed by atoms with Gasteiger partial charge in [0.25, 0.3) is 0 Å².